The Morgan fingerprint density at radius 1 is 1.67 bits per heavy atom. The summed E-state index contributed by atoms with van der Waals surface area (Å²) in [6.45, 7) is 0. The zero-order valence-corrected chi connectivity index (χ0v) is 4.95. The molecule has 3 heteroatoms. The van der Waals surface area contributed by atoms with Gasteiger partial charge in [0.1, 0.15) is 0 Å². The maximum absolute atomic E-state index is 10.2. The second-order valence-corrected chi connectivity index (χ2v) is 2.23. The third-order valence-corrected chi connectivity index (χ3v) is 1.43. The molecule has 3 N–H and O–H groups in total. The quantitative estimate of drug-likeness (QED) is 0.486. The number of carboxylic acid groups (broad SMARTS) is 1. The zero-order valence-electron chi connectivity index (χ0n) is 4.95. The molecule has 0 heterocycles. The highest BCUT2D eigenvalue weighted by Crippen LogP contribution is 2.15. The van der Waals surface area contributed by atoms with E-state index >= 15 is 0 Å². The van der Waals surface area contributed by atoms with Crippen LogP contribution < -0.4 is 5.73 Å². The van der Waals surface area contributed by atoms with Gasteiger partial charge in [-0.15, -0.1) is 0 Å². The number of carboxylic acids is 1. The molecule has 0 aromatic heterocycles. The summed E-state index contributed by atoms with van der Waals surface area (Å²) in [6.07, 6.45) is 3.93. The molecule has 1 rings (SSSR count). The fraction of sp³-hybridized carbons (Fsp3) is 0.500. The van der Waals surface area contributed by atoms with E-state index in [-0.39, 0.29) is 12.0 Å². The van der Waals surface area contributed by atoms with Crippen molar-refractivity contribution in [1.29, 1.82) is 0 Å². The van der Waals surface area contributed by atoms with Gasteiger partial charge in [-0.25, -0.2) is 0 Å². The predicted octanol–water partition coefficient (Wildman–Crippen LogP) is -0.0256. The van der Waals surface area contributed by atoms with E-state index in [2.05, 4.69) is 0 Å². The topological polar surface area (TPSA) is 63.3 Å². The molecule has 1 unspecified atom stereocenters. The lowest BCUT2D eigenvalue weighted by Crippen LogP contribution is -2.18. The Labute approximate surface area is 53.2 Å². The molecule has 0 spiro atoms. The van der Waals surface area contributed by atoms with Gasteiger partial charge in [0.15, 0.2) is 0 Å². The Morgan fingerprint density at radius 3 is 2.56 bits per heavy atom. The lowest BCUT2D eigenvalue weighted by atomic mass is 10.1. The van der Waals surface area contributed by atoms with E-state index in [1.165, 1.54) is 0 Å². The number of rotatable bonds is 1. The Balaban J connectivity index is 2.50. The minimum absolute atomic E-state index is 0.0499. The minimum atomic E-state index is -0.779. The third-order valence-electron chi connectivity index (χ3n) is 1.43. The Bertz CT molecular complexity index is 153. The first kappa shape index (κ1) is 6.29. The van der Waals surface area contributed by atoms with Crippen molar-refractivity contribution in [2.75, 3.05) is 0 Å². The van der Waals surface area contributed by atoms with Gasteiger partial charge in [-0.05, 0) is 6.42 Å². The highest BCUT2D eigenvalue weighted by Gasteiger charge is 2.21. The van der Waals surface area contributed by atoms with Crippen LogP contribution in [0.3, 0.4) is 0 Å². The second-order valence-electron chi connectivity index (χ2n) is 2.23. The molecule has 0 aromatic rings. The standard InChI is InChI=1S/C6H9NO2/c7-5-2-1-4(3-5)6(8)9/h1-2,4-5H,3,7H2,(H,8,9)/t4-,5?/m0/s1. The smallest absolute Gasteiger partial charge is 0.310 e. The first-order chi connectivity index (χ1) is 4.20. The summed E-state index contributed by atoms with van der Waals surface area (Å²) < 4.78 is 0. The molecule has 0 radical (unpaired) electrons. The third kappa shape index (κ3) is 1.29. The number of carbonyl (C=O) groups is 1. The van der Waals surface area contributed by atoms with Crippen LogP contribution >= 0.6 is 0 Å². The summed E-state index contributed by atoms with van der Waals surface area (Å²) in [6, 6.07) is -0.0499. The highest BCUT2D eigenvalue weighted by molar-refractivity contribution is 5.72. The summed E-state index contributed by atoms with van der Waals surface area (Å²) in [5, 5.41) is 8.42. The summed E-state index contributed by atoms with van der Waals surface area (Å²) in [5.74, 6) is -1.13. The van der Waals surface area contributed by atoms with Crippen LogP contribution in [-0.2, 0) is 4.79 Å². The molecule has 3 nitrogen and oxygen atoms in total. The van der Waals surface area contributed by atoms with Gasteiger partial charge in [-0.2, -0.15) is 0 Å². The van der Waals surface area contributed by atoms with Crippen molar-refractivity contribution in [2.45, 2.75) is 12.5 Å². The van der Waals surface area contributed by atoms with Crippen molar-refractivity contribution in [1.82, 2.24) is 0 Å². The van der Waals surface area contributed by atoms with Crippen LogP contribution in [0, 0.1) is 5.92 Å². The minimum Gasteiger partial charge on any atom is -0.481 e. The van der Waals surface area contributed by atoms with Gasteiger partial charge in [-0.3, -0.25) is 4.79 Å². The van der Waals surface area contributed by atoms with E-state index in [1.807, 2.05) is 0 Å². The SMILES string of the molecule is NC1C=C[C@H](C(=O)O)C1. The average molecular weight is 127 g/mol. The molecule has 0 aliphatic heterocycles. The summed E-state index contributed by atoms with van der Waals surface area (Å²) in [5.41, 5.74) is 5.41. The van der Waals surface area contributed by atoms with Crippen molar-refractivity contribution in [2.24, 2.45) is 11.7 Å². The molecule has 1 aliphatic rings. The Kier molecular flexibility index (Phi) is 1.53. The molecule has 0 saturated carbocycles. The monoisotopic (exact) mass is 127 g/mol. The van der Waals surface area contributed by atoms with Crippen LogP contribution in [0.1, 0.15) is 6.42 Å². The van der Waals surface area contributed by atoms with E-state index < -0.39 is 5.97 Å². The first-order valence-corrected chi connectivity index (χ1v) is 2.87. The molecular weight excluding hydrogens is 118 g/mol. The van der Waals surface area contributed by atoms with Crippen LogP contribution in [0.2, 0.25) is 0 Å². The fourth-order valence-electron chi connectivity index (χ4n) is 0.910. The Morgan fingerprint density at radius 2 is 2.33 bits per heavy atom. The zero-order chi connectivity index (χ0) is 6.85. The van der Waals surface area contributed by atoms with Gasteiger partial charge in [0.25, 0.3) is 0 Å². The predicted molar refractivity (Wildman–Crippen MR) is 32.9 cm³/mol. The second kappa shape index (κ2) is 2.19. The maximum atomic E-state index is 10.2. The summed E-state index contributed by atoms with van der Waals surface area (Å²) >= 11 is 0. The lowest BCUT2D eigenvalue weighted by molar-refractivity contribution is -0.140. The molecule has 0 saturated heterocycles. The van der Waals surface area contributed by atoms with E-state index in [4.69, 9.17) is 10.8 Å². The molecule has 1 aliphatic carbocycles. The molecular formula is C6H9NO2. The number of aliphatic carboxylic acids is 1. The van der Waals surface area contributed by atoms with Crippen LogP contribution in [0.15, 0.2) is 12.2 Å². The van der Waals surface area contributed by atoms with Gasteiger partial charge < -0.3 is 10.8 Å². The van der Waals surface area contributed by atoms with Gasteiger partial charge >= 0.3 is 5.97 Å². The van der Waals surface area contributed by atoms with Crippen LogP contribution in [0.5, 0.6) is 0 Å². The van der Waals surface area contributed by atoms with Crippen LogP contribution in [0.25, 0.3) is 0 Å². The van der Waals surface area contributed by atoms with Crippen molar-refractivity contribution in [3.63, 3.8) is 0 Å². The van der Waals surface area contributed by atoms with Gasteiger partial charge in [-0.1, -0.05) is 12.2 Å². The molecule has 0 aromatic carbocycles. The van der Waals surface area contributed by atoms with E-state index in [9.17, 15) is 4.79 Å². The van der Waals surface area contributed by atoms with Crippen LogP contribution in [-0.4, -0.2) is 17.1 Å². The van der Waals surface area contributed by atoms with E-state index in [0.717, 1.165) is 0 Å². The van der Waals surface area contributed by atoms with Crippen molar-refractivity contribution in [3.05, 3.63) is 12.2 Å². The number of nitrogens with two attached hydrogens (primary N) is 1. The molecule has 9 heavy (non-hydrogen) atoms. The van der Waals surface area contributed by atoms with E-state index in [1.54, 1.807) is 12.2 Å². The lowest BCUT2D eigenvalue weighted by Gasteiger charge is -2.00. The number of hydrogen-bond donors (Lipinski definition) is 2. The number of hydrogen-bond acceptors (Lipinski definition) is 2. The largest absolute Gasteiger partial charge is 0.481 e. The van der Waals surface area contributed by atoms with Crippen molar-refractivity contribution in [3.8, 4) is 0 Å². The van der Waals surface area contributed by atoms with Crippen molar-refractivity contribution >= 4 is 5.97 Å². The molecule has 0 bridgehead atoms. The van der Waals surface area contributed by atoms with Crippen molar-refractivity contribution < 1.29 is 9.90 Å². The van der Waals surface area contributed by atoms with Gasteiger partial charge in [0.05, 0.1) is 5.92 Å². The molecule has 50 valence electrons. The molecule has 0 amide bonds. The first-order valence-electron chi connectivity index (χ1n) is 2.87. The van der Waals surface area contributed by atoms with E-state index in [0.29, 0.717) is 6.42 Å². The van der Waals surface area contributed by atoms with Gasteiger partial charge in [0.2, 0.25) is 0 Å². The fourth-order valence-corrected chi connectivity index (χ4v) is 0.910. The summed E-state index contributed by atoms with van der Waals surface area (Å²) in [4.78, 5) is 10.2. The maximum Gasteiger partial charge on any atom is 0.310 e. The van der Waals surface area contributed by atoms with Gasteiger partial charge in [0, 0.05) is 6.04 Å². The summed E-state index contributed by atoms with van der Waals surface area (Å²) in [7, 11) is 0. The molecule has 2 atom stereocenters. The normalized spacial score (nSPS) is 33.0. The average Bonchev–Trinajstić information content (AvgIpc) is 2.14. The Hall–Kier alpha value is -0.830. The highest BCUT2D eigenvalue weighted by atomic mass is 16.4. The molecule has 0 fully saturated rings. The van der Waals surface area contributed by atoms with Crippen LogP contribution in [0.4, 0.5) is 0 Å².